The number of aryl methyl sites for hydroxylation is 1. The lowest BCUT2D eigenvalue weighted by Crippen LogP contribution is -1.88. The molecule has 2 rings (SSSR count). The molecule has 2 heterocycles. The Bertz CT molecular complexity index is 548. The number of rotatable bonds is 3. The smallest absolute Gasteiger partial charge is 0.168 e. The SMILES string of the molecule is Cn1ccnc1SCc1cc(C#CCO)cs1. The van der Waals surface area contributed by atoms with Crippen LogP contribution < -0.4 is 0 Å². The summed E-state index contributed by atoms with van der Waals surface area (Å²) in [6.45, 7) is -0.0901. The van der Waals surface area contributed by atoms with Gasteiger partial charge in [-0.1, -0.05) is 23.6 Å². The molecule has 0 saturated heterocycles. The predicted octanol–water partition coefficient (Wildman–Crippen LogP) is 2.12. The minimum Gasteiger partial charge on any atom is -0.384 e. The molecule has 0 saturated carbocycles. The van der Waals surface area contributed by atoms with E-state index in [1.165, 1.54) is 4.88 Å². The van der Waals surface area contributed by atoms with Crippen molar-refractivity contribution in [2.75, 3.05) is 6.61 Å². The van der Waals surface area contributed by atoms with E-state index in [0.717, 1.165) is 16.5 Å². The van der Waals surface area contributed by atoms with Crippen molar-refractivity contribution in [1.82, 2.24) is 9.55 Å². The summed E-state index contributed by atoms with van der Waals surface area (Å²) in [5.74, 6) is 6.44. The van der Waals surface area contributed by atoms with Gasteiger partial charge in [-0.2, -0.15) is 0 Å². The topological polar surface area (TPSA) is 38.0 Å². The molecule has 2 aromatic heterocycles. The number of imidazole rings is 1. The van der Waals surface area contributed by atoms with E-state index in [1.54, 1.807) is 29.3 Å². The van der Waals surface area contributed by atoms with Crippen molar-refractivity contribution in [3.05, 3.63) is 34.3 Å². The normalized spacial score (nSPS) is 10.0. The summed E-state index contributed by atoms with van der Waals surface area (Å²) in [5, 5.41) is 11.6. The molecule has 0 spiro atoms. The molecule has 0 bridgehead atoms. The number of hydrogen-bond donors (Lipinski definition) is 1. The zero-order chi connectivity index (χ0) is 12.1. The first-order chi connectivity index (χ1) is 8.29. The minimum atomic E-state index is -0.0901. The highest BCUT2D eigenvalue weighted by Gasteiger charge is 2.03. The van der Waals surface area contributed by atoms with Crippen molar-refractivity contribution < 1.29 is 5.11 Å². The molecule has 0 fully saturated rings. The van der Waals surface area contributed by atoms with Crippen molar-refractivity contribution in [2.24, 2.45) is 7.05 Å². The summed E-state index contributed by atoms with van der Waals surface area (Å²) < 4.78 is 2.00. The van der Waals surface area contributed by atoms with Crippen LogP contribution in [-0.2, 0) is 12.8 Å². The van der Waals surface area contributed by atoms with E-state index in [0.29, 0.717) is 0 Å². The van der Waals surface area contributed by atoms with Gasteiger partial charge in [0.1, 0.15) is 6.61 Å². The quantitative estimate of drug-likeness (QED) is 0.681. The van der Waals surface area contributed by atoms with Gasteiger partial charge in [-0.3, -0.25) is 0 Å². The molecule has 2 aromatic rings. The van der Waals surface area contributed by atoms with E-state index in [4.69, 9.17) is 5.11 Å². The maximum atomic E-state index is 8.61. The molecular weight excluding hydrogens is 252 g/mol. The van der Waals surface area contributed by atoms with Crippen molar-refractivity contribution in [1.29, 1.82) is 0 Å². The van der Waals surface area contributed by atoms with Gasteiger partial charge >= 0.3 is 0 Å². The molecule has 0 atom stereocenters. The van der Waals surface area contributed by atoms with Gasteiger partial charge in [0, 0.05) is 41.0 Å². The van der Waals surface area contributed by atoms with Crippen LogP contribution in [-0.4, -0.2) is 21.3 Å². The lowest BCUT2D eigenvalue weighted by Gasteiger charge is -1.98. The number of nitrogens with zero attached hydrogens (tertiary/aromatic N) is 2. The first-order valence-electron chi connectivity index (χ1n) is 5.07. The maximum absolute atomic E-state index is 8.61. The summed E-state index contributed by atoms with van der Waals surface area (Å²) in [5.41, 5.74) is 0.972. The molecule has 0 radical (unpaired) electrons. The first kappa shape index (κ1) is 12.2. The van der Waals surface area contributed by atoms with Gasteiger partial charge in [-0.05, 0) is 6.07 Å². The monoisotopic (exact) mass is 264 g/mol. The lowest BCUT2D eigenvalue weighted by molar-refractivity contribution is 0.350. The van der Waals surface area contributed by atoms with Crippen LogP contribution in [0.4, 0.5) is 0 Å². The van der Waals surface area contributed by atoms with Gasteiger partial charge in [0.15, 0.2) is 5.16 Å². The Kier molecular flexibility index (Phi) is 4.26. The highest BCUT2D eigenvalue weighted by atomic mass is 32.2. The van der Waals surface area contributed by atoms with Crippen LogP contribution in [0.3, 0.4) is 0 Å². The Hall–Kier alpha value is -1.22. The number of aromatic nitrogens is 2. The molecule has 0 aliphatic rings. The number of thiophene rings is 1. The second-order valence-electron chi connectivity index (χ2n) is 3.37. The molecule has 1 N–H and O–H groups in total. The summed E-state index contributed by atoms with van der Waals surface area (Å²) in [6, 6.07) is 2.06. The molecule has 88 valence electrons. The molecule has 0 aliphatic heterocycles. The van der Waals surface area contributed by atoms with Gasteiger partial charge in [0.2, 0.25) is 0 Å². The highest BCUT2D eigenvalue weighted by Crippen LogP contribution is 2.24. The van der Waals surface area contributed by atoms with Crippen molar-refractivity contribution in [3.63, 3.8) is 0 Å². The van der Waals surface area contributed by atoms with E-state index in [-0.39, 0.29) is 6.61 Å². The van der Waals surface area contributed by atoms with Crippen LogP contribution in [0.15, 0.2) is 29.0 Å². The number of hydrogen-bond acceptors (Lipinski definition) is 4. The molecule has 0 aliphatic carbocycles. The van der Waals surface area contributed by atoms with Crippen molar-refractivity contribution in [2.45, 2.75) is 10.9 Å². The molecule has 3 nitrogen and oxygen atoms in total. The van der Waals surface area contributed by atoms with Gasteiger partial charge in [0.25, 0.3) is 0 Å². The van der Waals surface area contributed by atoms with Crippen LogP contribution in [0.25, 0.3) is 0 Å². The van der Waals surface area contributed by atoms with Crippen LogP contribution in [0.5, 0.6) is 0 Å². The third-order valence-electron chi connectivity index (χ3n) is 2.09. The number of aliphatic hydroxyl groups excluding tert-OH is 1. The van der Waals surface area contributed by atoms with E-state index in [2.05, 4.69) is 22.9 Å². The second-order valence-corrected chi connectivity index (χ2v) is 5.31. The highest BCUT2D eigenvalue weighted by molar-refractivity contribution is 7.98. The number of aliphatic hydroxyl groups is 1. The standard InChI is InChI=1S/C12H12N2OS2/c1-14-5-4-13-12(14)17-9-11-7-10(8-16-11)3-2-6-15/h4-5,7-8,15H,6,9H2,1H3. The van der Waals surface area contributed by atoms with Crippen LogP contribution in [0.1, 0.15) is 10.4 Å². The zero-order valence-electron chi connectivity index (χ0n) is 9.38. The third-order valence-corrected chi connectivity index (χ3v) is 4.31. The van der Waals surface area contributed by atoms with E-state index in [9.17, 15) is 0 Å². The Labute approximate surface area is 109 Å². The van der Waals surface area contributed by atoms with E-state index in [1.807, 2.05) is 23.2 Å². The fraction of sp³-hybridized carbons (Fsp3) is 0.250. The van der Waals surface area contributed by atoms with Gasteiger partial charge in [-0.25, -0.2) is 4.98 Å². The molecule has 0 aromatic carbocycles. The Balaban J connectivity index is 1.96. The van der Waals surface area contributed by atoms with Gasteiger partial charge in [-0.15, -0.1) is 11.3 Å². The average molecular weight is 264 g/mol. The Morgan fingerprint density at radius 2 is 2.47 bits per heavy atom. The summed E-state index contributed by atoms with van der Waals surface area (Å²) in [7, 11) is 1.99. The largest absolute Gasteiger partial charge is 0.384 e. The lowest BCUT2D eigenvalue weighted by atomic mass is 10.3. The van der Waals surface area contributed by atoms with Crippen LogP contribution in [0, 0.1) is 11.8 Å². The minimum absolute atomic E-state index is 0.0901. The molecule has 0 unspecified atom stereocenters. The van der Waals surface area contributed by atoms with E-state index >= 15 is 0 Å². The average Bonchev–Trinajstić information content (AvgIpc) is 2.93. The maximum Gasteiger partial charge on any atom is 0.168 e. The first-order valence-corrected chi connectivity index (χ1v) is 6.93. The molecular formula is C12H12N2OS2. The zero-order valence-corrected chi connectivity index (χ0v) is 11.0. The van der Waals surface area contributed by atoms with Crippen molar-refractivity contribution in [3.8, 4) is 11.8 Å². The number of thioether (sulfide) groups is 1. The van der Waals surface area contributed by atoms with E-state index < -0.39 is 0 Å². The molecule has 0 amide bonds. The van der Waals surface area contributed by atoms with Gasteiger partial charge in [0.05, 0.1) is 0 Å². The van der Waals surface area contributed by atoms with Crippen LogP contribution in [0.2, 0.25) is 0 Å². The van der Waals surface area contributed by atoms with Crippen LogP contribution >= 0.6 is 23.1 Å². The summed E-state index contributed by atoms with van der Waals surface area (Å²) >= 11 is 3.39. The van der Waals surface area contributed by atoms with Crippen molar-refractivity contribution >= 4 is 23.1 Å². The third kappa shape index (κ3) is 3.37. The second kappa shape index (κ2) is 5.92. The summed E-state index contributed by atoms with van der Waals surface area (Å²) in [6.07, 6.45) is 3.74. The predicted molar refractivity (Wildman–Crippen MR) is 71.1 cm³/mol. The summed E-state index contributed by atoms with van der Waals surface area (Å²) in [4.78, 5) is 5.52. The fourth-order valence-electron chi connectivity index (χ4n) is 1.29. The Morgan fingerprint density at radius 3 is 3.18 bits per heavy atom. The molecule has 17 heavy (non-hydrogen) atoms. The fourth-order valence-corrected chi connectivity index (χ4v) is 3.09. The van der Waals surface area contributed by atoms with Gasteiger partial charge < -0.3 is 9.67 Å². The Morgan fingerprint density at radius 1 is 1.59 bits per heavy atom. The molecule has 5 heteroatoms.